The van der Waals surface area contributed by atoms with Crippen molar-refractivity contribution in [2.45, 2.75) is 18.6 Å². The Kier molecular flexibility index (Phi) is 1.62. The number of nitrogens with one attached hydrogen (secondary N) is 1. The largest absolute Gasteiger partial charge is 0.314 e. The maximum Gasteiger partial charge on any atom is 0.114 e. The van der Waals surface area contributed by atoms with Gasteiger partial charge in [0.1, 0.15) is 6.17 Å². The molecule has 2 saturated heterocycles. The summed E-state index contributed by atoms with van der Waals surface area (Å²) in [5.41, 5.74) is 0. The van der Waals surface area contributed by atoms with Crippen molar-refractivity contribution < 1.29 is 4.39 Å². The molecule has 0 aromatic heterocycles. The number of hydrogen-bond acceptors (Lipinski definition) is 2. The minimum absolute atomic E-state index is 0.490. The summed E-state index contributed by atoms with van der Waals surface area (Å²) in [6, 6.07) is 0.490. The van der Waals surface area contributed by atoms with Crippen LogP contribution in [0.4, 0.5) is 4.39 Å². The van der Waals surface area contributed by atoms with E-state index in [0.29, 0.717) is 12.6 Å². The number of halogens is 1. The summed E-state index contributed by atoms with van der Waals surface area (Å²) >= 11 is 0. The van der Waals surface area contributed by atoms with Gasteiger partial charge in [0, 0.05) is 32.2 Å². The first-order chi connectivity index (χ1) is 4.86. The van der Waals surface area contributed by atoms with E-state index in [1.165, 1.54) is 0 Å². The average molecular weight is 144 g/mol. The Labute approximate surface area is 60.4 Å². The third-order valence-electron chi connectivity index (χ3n) is 2.43. The van der Waals surface area contributed by atoms with E-state index >= 15 is 0 Å². The Morgan fingerprint density at radius 1 is 1.50 bits per heavy atom. The fourth-order valence-corrected chi connectivity index (χ4v) is 1.90. The van der Waals surface area contributed by atoms with Crippen molar-refractivity contribution in [2.24, 2.45) is 0 Å². The van der Waals surface area contributed by atoms with Gasteiger partial charge in [0.25, 0.3) is 0 Å². The van der Waals surface area contributed by atoms with Crippen LogP contribution >= 0.6 is 0 Å². The zero-order chi connectivity index (χ0) is 6.97. The highest BCUT2D eigenvalue weighted by molar-refractivity contribution is 4.89. The fraction of sp³-hybridized carbons (Fsp3) is 1.00. The Bertz CT molecular complexity index is 115. The summed E-state index contributed by atoms with van der Waals surface area (Å²) in [6.45, 7) is 3.72. The smallest absolute Gasteiger partial charge is 0.114 e. The number of piperazine rings is 1. The molecule has 2 aliphatic rings. The van der Waals surface area contributed by atoms with Gasteiger partial charge in [-0.25, -0.2) is 4.39 Å². The normalized spacial score (nSPS) is 41.7. The average Bonchev–Trinajstić information content (AvgIpc) is 2.27. The molecular formula is C7H13FN2. The van der Waals surface area contributed by atoms with E-state index in [2.05, 4.69) is 10.2 Å². The van der Waals surface area contributed by atoms with Gasteiger partial charge < -0.3 is 5.32 Å². The Balaban J connectivity index is 1.97. The van der Waals surface area contributed by atoms with Gasteiger partial charge in [0.15, 0.2) is 0 Å². The van der Waals surface area contributed by atoms with Crippen LogP contribution in [0.15, 0.2) is 0 Å². The van der Waals surface area contributed by atoms with Crippen LogP contribution in [-0.4, -0.2) is 43.3 Å². The predicted octanol–water partition coefficient (Wildman–Crippen LogP) is 0.00200. The molecule has 2 aliphatic heterocycles. The van der Waals surface area contributed by atoms with Crippen LogP contribution in [0.5, 0.6) is 0 Å². The molecule has 58 valence electrons. The van der Waals surface area contributed by atoms with Gasteiger partial charge in [0.2, 0.25) is 0 Å². The zero-order valence-electron chi connectivity index (χ0n) is 6.02. The highest BCUT2D eigenvalue weighted by Gasteiger charge is 2.32. The van der Waals surface area contributed by atoms with Crippen LogP contribution in [0, 0.1) is 0 Å². The van der Waals surface area contributed by atoms with Crippen molar-refractivity contribution in [2.75, 3.05) is 26.2 Å². The molecule has 1 N–H and O–H groups in total. The molecule has 0 aromatic carbocycles. The molecule has 0 saturated carbocycles. The second kappa shape index (κ2) is 2.47. The van der Waals surface area contributed by atoms with E-state index in [-0.39, 0.29) is 0 Å². The number of alkyl halides is 1. The second-order valence-corrected chi connectivity index (χ2v) is 3.19. The van der Waals surface area contributed by atoms with Crippen LogP contribution in [-0.2, 0) is 0 Å². The van der Waals surface area contributed by atoms with Gasteiger partial charge >= 0.3 is 0 Å². The maximum atomic E-state index is 12.8. The number of nitrogens with zero attached hydrogens (tertiary/aromatic N) is 1. The van der Waals surface area contributed by atoms with E-state index in [1.54, 1.807) is 0 Å². The lowest BCUT2D eigenvalue weighted by Crippen LogP contribution is -2.47. The summed E-state index contributed by atoms with van der Waals surface area (Å²) in [6.07, 6.45) is 0.178. The van der Waals surface area contributed by atoms with Crippen LogP contribution in [0.3, 0.4) is 0 Å². The number of fused-ring (bicyclic) bond motifs is 1. The molecule has 2 fully saturated rings. The van der Waals surface area contributed by atoms with Gasteiger partial charge in [-0.3, -0.25) is 4.90 Å². The first kappa shape index (κ1) is 6.55. The summed E-state index contributed by atoms with van der Waals surface area (Å²) in [5.74, 6) is 0. The summed E-state index contributed by atoms with van der Waals surface area (Å²) in [7, 11) is 0. The topological polar surface area (TPSA) is 15.3 Å². The van der Waals surface area contributed by atoms with Crippen molar-refractivity contribution in [3.8, 4) is 0 Å². The first-order valence-electron chi connectivity index (χ1n) is 3.95. The lowest BCUT2D eigenvalue weighted by molar-refractivity contribution is 0.207. The molecule has 3 heteroatoms. The molecule has 0 bridgehead atoms. The van der Waals surface area contributed by atoms with Crippen LogP contribution in [0.1, 0.15) is 6.42 Å². The molecule has 10 heavy (non-hydrogen) atoms. The second-order valence-electron chi connectivity index (χ2n) is 3.19. The Morgan fingerprint density at radius 2 is 2.40 bits per heavy atom. The van der Waals surface area contributed by atoms with E-state index in [0.717, 1.165) is 26.1 Å². The van der Waals surface area contributed by atoms with Gasteiger partial charge in [0.05, 0.1) is 0 Å². The molecule has 2 atom stereocenters. The first-order valence-corrected chi connectivity index (χ1v) is 3.95. The summed E-state index contributed by atoms with van der Waals surface area (Å²) in [5, 5.41) is 3.27. The van der Waals surface area contributed by atoms with Crippen molar-refractivity contribution in [1.29, 1.82) is 0 Å². The van der Waals surface area contributed by atoms with Crippen LogP contribution in [0.2, 0.25) is 0 Å². The molecule has 0 radical (unpaired) electrons. The predicted molar refractivity (Wildman–Crippen MR) is 37.7 cm³/mol. The zero-order valence-corrected chi connectivity index (χ0v) is 6.02. The van der Waals surface area contributed by atoms with Crippen LogP contribution < -0.4 is 5.32 Å². The third kappa shape index (κ3) is 1.04. The van der Waals surface area contributed by atoms with Crippen molar-refractivity contribution in [3.05, 3.63) is 0 Å². The molecule has 0 spiro atoms. The quantitative estimate of drug-likeness (QED) is 0.515. The summed E-state index contributed by atoms with van der Waals surface area (Å²) in [4.78, 5) is 2.25. The highest BCUT2D eigenvalue weighted by Crippen LogP contribution is 2.20. The van der Waals surface area contributed by atoms with Crippen molar-refractivity contribution >= 4 is 0 Å². The lowest BCUT2D eigenvalue weighted by Gasteiger charge is -2.29. The molecular weight excluding hydrogens is 131 g/mol. The van der Waals surface area contributed by atoms with E-state index in [1.807, 2.05) is 0 Å². The molecule has 0 aromatic rings. The molecule has 2 rings (SSSR count). The van der Waals surface area contributed by atoms with E-state index in [4.69, 9.17) is 0 Å². The number of rotatable bonds is 0. The third-order valence-corrected chi connectivity index (χ3v) is 2.43. The monoisotopic (exact) mass is 144 g/mol. The molecule has 2 nitrogen and oxygen atoms in total. The van der Waals surface area contributed by atoms with Crippen molar-refractivity contribution in [1.82, 2.24) is 10.2 Å². The molecule has 0 unspecified atom stereocenters. The van der Waals surface area contributed by atoms with Crippen molar-refractivity contribution in [3.63, 3.8) is 0 Å². The standard InChI is InChI=1S/C7H13FN2/c8-6-3-7-4-9-1-2-10(7)5-6/h6-7,9H,1-5H2/t6-,7+/m1/s1. The minimum Gasteiger partial charge on any atom is -0.314 e. The Hall–Kier alpha value is -0.150. The fourth-order valence-electron chi connectivity index (χ4n) is 1.90. The molecule has 0 aliphatic carbocycles. The van der Waals surface area contributed by atoms with Gasteiger partial charge in [-0.05, 0) is 6.42 Å². The minimum atomic E-state index is -0.565. The van der Waals surface area contributed by atoms with Crippen LogP contribution in [0.25, 0.3) is 0 Å². The van der Waals surface area contributed by atoms with Gasteiger partial charge in [-0.15, -0.1) is 0 Å². The van der Waals surface area contributed by atoms with Gasteiger partial charge in [-0.2, -0.15) is 0 Å². The highest BCUT2D eigenvalue weighted by atomic mass is 19.1. The molecule has 0 amide bonds. The number of hydrogen-bond donors (Lipinski definition) is 1. The molecule has 2 heterocycles. The van der Waals surface area contributed by atoms with E-state index in [9.17, 15) is 4.39 Å². The lowest BCUT2D eigenvalue weighted by atomic mass is 10.2. The summed E-state index contributed by atoms with van der Waals surface area (Å²) < 4.78 is 12.8. The van der Waals surface area contributed by atoms with Gasteiger partial charge in [-0.1, -0.05) is 0 Å². The Morgan fingerprint density at radius 3 is 3.20 bits per heavy atom. The van der Waals surface area contributed by atoms with E-state index < -0.39 is 6.17 Å². The SMILES string of the molecule is F[C@@H]1C[C@H]2CNCCN2C1. The maximum absolute atomic E-state index is 12.8.